The van der Waals surface area contributed by atoms with E-state index >= 15 is 0 Å². The van der Waals surface area contributed by atoms with E-state index in [0.717, 1.165) is 12.1 Å². The molecule has 8 heteroatoms. The van der Waals surface area contributed by atoms with Crippen LogP contribution in [0.3, 0.4) is 0 Å². The van der Waals surface area contributed by atoms with E-state index in [1.54, 1.807) is 4.57 Å². The van der Waals surface area contributed by atoms with Gasteiger partial charge in [0.1, 0.15) is 23.6 Å². The molecular weight excluding hydrogens is 270 g/mol. The summed E-state index contributed by atoms with van der Waals surface area (Å²) < 4.78 is 29.1. The Morgan fingerprint density at radius 1 is 1.40 bits per heavy atom. The molecule has 1 aromatic heterocycles. The van der Waals surface area contributed by atoms with Crippen molar-refractivity contribution in [1.82, 2.24) is 14.8 Å². The third-order valence-corrected chi connectivity index (χ3v) is 2.75. The Kier molecular flexibility index (Phi) is 3.92. The highest BCUT2D eigenvalue weighted by Crippen LogP contribution is 2.21. The average Bonchev–Trinajstić information content (AvgIpc) is 2.84. The van der Waals surface area contributed by atoms with Gasteiger partial charge in [-0.05, 0) is 19.1 Å². The van der Waals surface area contributed by atoms with Crippen LogP contribution in [0.5, 0.6) is 0 Å². The second-order valence-electron chi connectivity index (χ2n) is 4.01. The van der Waals surface area contributed by atoms with Crippen LogP contribution >= 0.6 is 0 Å². The predicted octanol–water partition coefficient (Wildman–Crippen LogP) is 1.89. The molecule has 0 bridgehead atoms. The highest BCUT2D eigenvalue weighted by atomic mass is 19.1. The SMILES string of the molecule is CCn1cnnc1CNc1c(F)cc(C(=O)O)cc1F. The van der Waals surface area contributed by atoms with E-state index in [4.69, 9.17) is 5.11 Å². The van der Waals surface area contributed by atoms with Crippen molar-refractivity contribution in [1.29, 1.82) is 0 Å². The Morgan fingerprint density at radius 2 is 2.05 bits per heavy atom. The summed E-state index contributed by atoms with van der Waals surface area (Å²) in [4.78, 5) is 10.7. The maximum Gasteiger partial charge on any atom is 0.335 e. The number of aromatic carboxylic acids is 1. The van der Waals surface area contributed by atoms with Gasteiger partial charge in [-0.15, -0.1) is 10.2 Å². The summed E-state index contributed by atoms with van der Waals surface area (Å²) in [6, 6.07) is 1.52. The van der Waals surface area contributed by atoms with Gasteiger partial charge in [0, 0.05) is 6.54 Å². The number of nitrogens with one attached hydrogen (secondary N) is 1. The van der Waals surface area contributed by atoms with Gasteiger partial charge in [-0.3, -0.25) is 0 Å². The van der Waals surface area contributed by atoms with Crippen molar-refractivity contribution in [2.75, 3.05) is 5.32 Å². The number of aryl methyl sites for hydroxylation is 1. The van der Waals surface area contributed by atoms with Crippen LogP contribution in [0.15, 0.2) is 18.5 Å². The fourth-order valence-electron chi connectivity index (χ4n) is 1.71. The van der Waals surface area contributed by atoms with Gasteiger partial charge in [-0.25, -0.2) is 13.6 Å². The number of carbonyl (C=O) groups is 1. The van der Waals surface area contributed by atoms with E-state index in [-0.39, 0.29) is 12.2 Å². The number of benzene rings is 1. The molecule has 0 fully saturated rings. The first kappa shape index (κ1) is 13.9. The molecule has 0 aliphatic rings. The van der Waals surface area contributed by atoms with Gasteiger partial charge in [0.05, 0.1) is 12.1 Å². The largest absolute Gasteiger partial charge is 0.478 e. The zero-order valence-electron chi connectivity index (χ0n) is 10.6. The topological polar surface area (TPSA) is 80.0 Å². The number of nitrogens with zero attached hydrogens (tertiary/aromatic N) is 3. The minimum absolute atomic E-state index is 0.0775. The van der Waals surface area contributed by atoms with Crippen LogP contribution in [0.25, 0.3) is 0 Å². The lowest BCUT2D eigenvalue weighted by Crippen LogP contribution is -2.10. The fraction of sp³-hybridized carbons (Fsp3) is 0.250. The minimum Gasteiger partial charge on any atom is -0.478 e. The summed E-state index contributed by atoms with van der Waals surface area (Å²) in [5, 5.41) is 18.8. The zero-order valence-corrected chi connectivity index (χ0v) is 10.6. The second-order valence-corrected chi connectivity index (χ2v) is 4.01. The van der Waals surface area contributed by atoms with Crippen LogP contribution in [0, 0.1) is 11.6 Å². The van der Waals surface area contributed by atoms with E-state index in [2.05, 4.69) is 15.5 Å². The third-order valence-electron chi connectivity index (χ3n) is 2.75. The van der Waals surface area contributed by atoms with Gasteiger partial charge >= 0.3 is 5.97 Å². The van der Waals surface area contributed by atoms with Crippen LogP contribution < -0.4 is 5.32 Å². The van der Waals surface area contributed by atoms with Gasteiger partial charge in [-0.2, -0.15) is 0 Å². The maximum atomic E-state index is 13.7. The quantitative estimate of drug-likeness (QED) is 0.875. The molecule has 6 nitrogen and oxygen atoms in total. The molecule has 0 aliphatic heterocycles. The first-order chi connectivity index (χ1) is 9.52. The molecule has 0 atom stereocenters. The lowest BCUT2D eigenvalue weighted by atomic mass is 10.2. The molecule has 2 rings (SSSR count). The number of hydrogen-bond donors (Lipinski definition) is 2. The standard InChI is InChI=1S/C12H12F2N4O2/c1-2-18-6-16-17-10(18)5-15-11-8(13)3-7(12(19)20)4-9(11)14/h3-4,6,15H,2,5H2,1H3,(H,19,20). The summed E-state index contributed by atoms with van der Waals surface area (Å²) in [6.45, 7) is 2.59. The van der Waals surface area contributed by atoms with Gasteiger partial charge in [0.2, 0.25) is 0 Å². The normalized spacial score (nSPS) is 10.6. The summed E-state index contributed by atoms with van der Waals surface area (Å²) in [6.07, 6.45) is 1.51. The number of hydrogen-bond acceptors (Lipinski definition) is 4. The average molecular weight is 282 g/mol. The lowest BCUT2D eigenvalue weighted by Gasteiger charge is -2.09. The Labute approximate surface area is 113 Å². The van der Waals surface area contributed by atoms with Crippen molar-refractivity contribution in [2.24, 2.45) is 0 Å². The third kappa shape index (κ3) is 2.73. The van der Waals surface area contributed by atoms with Crippen LogP contribution in [-0.4, -0.2) is 25.8 Å². The Balaban J connectivity index is 2.20. The fourth-order valence-corrected chi connectivity index (χ4v) is 1.71. The molecule has 1 heterocycles. The number of rotatable bonds is 5. The molecule has 0 amide bonds. The van der Waals surface area contributed by atoms with Crippen molar-refractivity contribution in [3.63, 3.8) is 0 Å². The first-order valence-electron chi connectivity index (χ1n) is 5.85. The smallest absolute Gasteiger partial charge is 0.335 e. The van der Waals surface area contributed by atoms with E-state index in [9.17, 15) is 13.6 Å². The second kappa shape index (κ2) is 5.64. The highest BCUT2D eigenvalue weighted by molar-refractivity contribution is 5.88. The number of carboxylic acids is 1. The van der Waals surface area contributed by atoms with Crippen LogP contribution in [-0.2, 0) is 13.1 Å². The molecule has 2 aromatic rings. The molecule has 20 heavy (non-hydrogen) atoms. The molecule has 0 unspecified atom stereocenters. The Bertz CT molecular complexity index is 619. The van der Waals surface area contributed by atoms with Crippen molar-refractivity contribution in [3.05, 3.63) is 41.5 Å². The summed E-state index contributed by atoms with van der Waals surface area (Å²) in [5.41, 5.74) is -0.831. The molecule has 0 saturated carbocycles. The van der Waals surface area contributed by atoms with E-state index in [1.165, 1.54) is 6.33 Å². The monoisotopic (exact) mass is 282 g/mol. The van der Waals surface area contributed by atoms with Crippen LogP contribution in [0.2, 0.25) is 0 Å². The first-order valence-corrected chi connectivity index (χ1v) is 5.85. The molecule has 0 saturated heterocycles. The zero-order chi connectivity index (χ0) is 14.7. The van der Waals surface area contributed by atoms with E-state index in [0.29, 0.717) is 12.4 Å². The van der Waals surface area contributed by atoms with Crippen LogP contribution in [0.4, 0.5) is 14.5 Å². The number of carboxylic acid groups (broad SMARTS) is 1. The molecule has 0 radical (unpaired) electrons. The summed E-state index contributed by atoms with van der Waals surface area (Å²) in [5.74, 6) is -2.80. The molecule has 1 aromatic carbocycles. The van der Waals surface area contributed by atoms with Crippen molar-refractivity contribution >= 4 is 11.7 Å². The van der Waals surface area contributed by atoms with Crippen molar-refractivity contribution in [3.8, 4) is 0 Å². The lowest BCUT2D eigenvalue weighted by molar-refractivity contribution is 0.0696. The molecule has 106 valence electrons. The number of aromatic nitrogens is 3. The van der Waals surface area contributed by atoms with E-state index < -0.39 is 23.2 Å². The summed E-state index contributed by atoms with van der Waals surface area (Å²) in [7, 11) is 0. The highest BCUT2D eigenvalue weighted by Gasteiger charge is 2.15. The van der Waals surface area contributed by atoms with Gasteiger partial charge in [0.15, 0.2) is 5.82 Å². The van der Waals surface area contributed by atoms with E-state index in [1.807, 2.05) is 6.92 Å². The molecule has 0 aliphatic carbocycles. The number of anilines is 1. The molecular formula is C12H12F2N4O2. The molecule has 0 spiro atoms. The van der Waals surface area contributed by atoms with Crippen molar-refractivity contribution < 1.29 is 18.7 Å². The van der Waals surface area contributed by atoms with Crippen molar-refractivity contribution in [2.45, 2.75) is 20.0 Å². The van der Waals surface area contributed by atoms with Gasteiger partial charge < -0.3 is 15.0 Å². The molecule has 2 N–H and O–H groups in total. The predicted molar refractivity (Wildman–Crippen MR) is 66.3 cm³/mol. The van der Waals surface area contributed by atoms with Gasteiger partial charge in [-0.1, -0.05) is 0 Å². The maximum absolute atomic E-state index is 13.7. The Morgan fingerprint density at radius 3 is 2.60 bits per heavy atom. The Hall–Kier alpha value is -2.51. The van der Waals surface area contributed by atoms with Gasteiger partial charge in [0.25, 0.3) is 0 Å². The minimum atomic E-state index is -1.39. The number of halogens is 2. The van der Waals surface area contributed by atoms with Crippen LogP contribution in [0.1, 0.15) is 23.1 Å². The summed E-state index contributed by atoms with van der Waals surface area (Å²) >= 11 is 0.